The second-order valence-corrected chi connectivity index (χ2v) is 6.98. The van der Waals surface area contributed by atoms with Crippen LogP contribution in [-0.2, 0) is 22.7 Å². The topological polar surface area (TPSA) is 61.8 Å². The van der Waals surface area contributed by atoms with Gasteiger partial charge in [-0.25, -0.2) is 0 Å². The lowest BCUT2D eigenvalue weighted by Crippen LogP contribution is -2.27. The Morgan fingerprint density at radius 3 is 2.81 bits per heavy atom. The Bertz CT molecular complexity index is 898. The van der Waals surface area contributed by atoms with Crippen molar-refractivity contribution in [1.82, 2.24) is 4.90 Å². The number of amides is 1. The number of carbonyl (C=O) groups excluding carboxylic acids is 1. The molecule has 0 atom stereocenters. The number of benzene rings is 2. The fourth-order valence-corrected chi connectivity index (χ4v) is 3.85. The van der Waals surface area contributed by atoms with Crippen molar-refractivity contribution in [3.63, 3.8) is 0 Å². The van der Waals surface area contributed by atoms with Crippen LogP contribution in [0.2, 0.25) is 0 Å². The van der Waals surface area contributed by atoms with Crippen molar-refractivity contribution in [2.45, 2.75) is 26.5 Å². The molecule has 4 rings (SSSR count). The van der Waals surface area contributed by atoms with Gasteiger partial charge >= 0.3 is 0 Å². The molecule has 0 aromatic heterocycles. The molecule has 0 saturated heterocycles. The number of anilines is 1. The predicted molar refractivity (Wildman–Crippen MR) is 106 cm³/mol. The van der Waals surface area contributed by atoms with E-state index in [1.165, 1.54) is 5.56 Å². The zero-order valence-corrected chi connectivity index (χ0v) is 15.5. The Balaban J connectivity index is 1.65. The SMILES string of the molecule is CCCN(CCO)Cc1ccc2c(c1)COC2=C1C(=O)Nc2ccccc21. The zero-order valence-electron chi connectivity index (χ0n) is 15.5. The maximum absolute atomic E-state index is 12.5. The maximum atomic E-state index is 12.5. The van der Waals surface area contributed by atoms with Crippen LogP contribution < -0.4 is 5.32 Å². The Hall–Kier alpha value is -2.63. The third-order valence-electron chi connectivity index (χ3n) is 5.05. The lowest BCUT2D eigenvalue weighted by atomic mass is 9.99. The number of hydrogen-bond donors (Lipinski definition) is 2. The fraction of sp³-hybridized carbons (Fsp3) is 0.318. The highest BCUT2D eigenvalue weighted by Gasteiger charge is 2.32. The summed E-state index contributed by atoms with van der Waals surface area (Å²) in [6, 6.07) is 14.0. The summed E-state index contributed by atoms with van der Waals surface area (Å²) in [6.07, 6.45) is 1.05. The number of ether oxygens (including phenoxy) is 1. The van der Waals surface area contributed by atoms with Gasteiger partial charge in [-0.15, -0.1) is 0 Å². The van der Waals surface area contributed by atoms with Crippen molar-refractivity contribution in [3.05, 3.63) is 64.7 Å². The Morgan fingerprint density at radius 2 is 2.00 bits per heavy atom. The molecular formula is C22H24N2O3. The van der Waals surface area contributed by atoms with Crippen molar-refractivity contribution in [1.29, 1.82) is 0 Å². The van der Waals surface area contributed by atoms with Gasteiger partial charge in [0.25, 0.3) is 5.91 Å². The molecule has 140 valence electrons. The van der Waals surface area contributed by atoms with Crippen molar-refractivity contribution >= 4 is 22.9 Å². The number of hydrogen-bond acceptors (Lipinski definition) is 4. The van der Waals surface area contributed by atoms with Gasteiger partial charge in [0, 0.05) is 35.5 Å². The third-order valence-corrected chi connectivity index (χ3v) is 5.05. The molecule has 2 aromatic rings. The molecule has 2 heterocycles. The van der Waals surface area contributed by atoms with Crippen molar-refractivity contribution in [2.24, 2.45) is 0 Å². The van der Waals surface area contributed by atoms with E-state index in [1.54, 1.807) is 0 Å². The first-order valence-electron chi connectivity index (χ1n) is 9.44. The number of aliphatic hydroxyl groups is 1. The van der Waals surface area contributed by atoms with Gasteiger partial charge in [-0.2, -0.15) is 0 Å². The molecule has 2 aliphatic heterocycles. The van der Waals surface area contributed by atoms with E-state index in [9.17, 15) is 9.90 Å². The predicted octanol–water partition coefficient (Wildman–Crippen LogP) is 3.24. The smallest absolute Gasteiger partial charge is 0.260 e. The number of carbonyl (C=O) groups is 1. The standard InChI is InChI=1S/C22H24N2O3/c1-2-9-24(10-11-25)13-15-7-8-17-16(12-15)14-27-21(17)20-18-5-3-4-6-19(18)23-22(20)26/h3-8,12,25H,2,9-11,13-14H2,1H3,(H,23,26). The molecule has 0 radical (unpaired) electrons. The first-order valence-corrected chi connectivity index (χ1v) is 9.44. The number of fused-ring (bicyclic) bond motifs is 2. The highest BCUT2D eigenvalue weighted by Crippen LogP contribution is 2.41. The molecule has 5 heteroatoms. The monoisotopic (exact) mass is 364 g/mol. The van der Waals surface area contributed by atoms with Crippen molar-refractivity contribution < 1.29 is 14.6 Å². The van der Waals surface area contributed by atoms with Gasteiger partial charge in [0.05, 0.1) is 12.2 Å². The van der Waals surface area contributed by atoms with Crippen LogP contribution in [-0.4, -0.2) is 35.6 Å². The van der Waals surface area contributed by atoms with Gasteiger partial charge in [-0.1, -0.05) is 43.3 Å². The minimum Gasteiger partial charge on any atom is -0.487 e. The van der Waals surface area contributed by atoms with Crippen LogP contribution in [0.4, 0.5) is 5.69 Å². The average Bonchev–Trinajstić information content (AvgIpc) is 3.21. The summed E-state index contributed by atoms with van der Waals surface area (Å²) in [4.78, 5) is 14.8. The molecule has 0 spiro atoms. The third kappa shape index (κ3) is 3.36. The van der Waals surface area contributed by atoms with Gasteiger partial charge in [0.15, 0.2) is 0 Å². The first-order chi connectivity index (χ1) is 13.2. The van der Waals surface area contributed by atoms with E-state index in [1.807, 2.05) is 24.3 Å². The summed E-state index contributed by atoms with van der Waals surface area (Å²) < 4.78 is 5.95. The van der Waals surface area contributed by atoms with Crippen molar-refractivity contribution in [2.75, 3.05) is 25.0 Å². The van der Waals surface area contributed by atoms with Crippen LogP contribution in [0, 0.1) is 0 Å². The normalized spacial score (nSPS) is 17.7. The minimum absolute atomic E-state index is 0.111. The molecule has 0 saturated carbocycles. The lowest BCUT2D eigenvalue weighted by molar-refractivity contribution is -0.110. The number of rotatable bonds is 6. The molecule has 0 aliphatic carbocycles. The van der Waals surface area contributed by atoms with Gasteiger partial charge in [0.2, 0.25) is 0 Å². The van der Waals surface area contributed by atoms with Gasteiger partial charge < -0.3 is 15.2 Å². The molecule has 5 nitrogen and oxygen atoms in total. The quantitative estimate of drug-likeness (QED) is 0.773. The maximum Gasteiger partial charge on any atom is 0.260 e. The van der Waals surface area contributed by atoms with E-state index in [4.69, 9.17) is 4.74 Å². The average molecular weight is 364 g/mol. The molecule has 2 aromatic carbocycles. The van der Waals surface area contributed by atoms with E-state index in [0.29, 0.717) is 24.5 Å². The van der Waals surface area contributed by atoms with Gasteiger partial charge in [-0.05, 0) is 24.6 Å². The highest BCUT2D eigenvalue weighted by molar-refractivity contribution is 6.36. The van der Waals surface area contributed by atoms with E-state index in [2.05, 4.69) is 35.3 Å². The molecule has 0 fully saturated rings. The van der Waals surface area contributed by atoms with Crippen LogP contribution in [0.3, 0.4) is 0 Å². The van der Waals surface area contributed by atoms with Crippen molar-refractivity contribution in [3.8, 4) is 0 Å². The number of aliphatic hydroxyl groups excluding tert-OH is 1. The van der Waals surface area contributed by atoms with Crippen LogP contribution in [0.5, 0.6) is 0 Å². The molecule has 1 amide bonds. The largest absolute Gasteiger partial charge is 0.487 e. The van der Waals surface area contributed by atoms with Gasteiger partial charge in [0.1, 0.15) is 12.4 Å². The van der Waals surface area contributed by atoms with E-state index < -0.39 is 0 Å². The Morgan fingerprint density at radius 1 is 1.15 bits per heavy atom. The lowest BCUT2D eigenvalue weighted by Gasteiger charge is -2.20. The molecule has 2 aliphatic rings. The van der Waals surface area contributed by atoms with Crippen LogP contribution in [0.1, 0.15) is 35.6 Å². The van der Waals surface area contributed by atoms with E-state index in [0.717, 1.165) is 41.9 Å². The van der Waals surface area contributed by atoms with Crippen LogP contribution in [0.25, 0.3) is 11.3 Å². The minimum atomic E-state index is -0.111. The van der Waals surface area contributed by atoms with E-state index >= 15 is 0 Å². The van der Waals surface area contributed by atoms with Crippen LogP contribution in [0.15, 0.2) is 42.5 Å². The van der Waals surface area contributed by atoms with E-state index in [-0.39, 0.29) is 12.5 Å². The fourth-order valence-electron chi connectivity index (χ4n) is 3.85. The summed E-state index contributed by atoms with van der Waals surface area (Å²) in [5.74, 6) is 0.556. The number of nitrogens with one attached hydrogen (secondary N) is 1. The second-order valence-electron chi connectivity index (χ2n) is 6.98. The Labute approximate surface area is 159 Å². The molecular weight excluding hydrogens is 340 g/mol. The summed E-state index contributed by atoms with van der Waals surface area (Å²) in [5, 5.41) is 12.2. The zero-order chi connectivity index (χ0) is 18.8. The summed E-state index contributed by atoms with van der Waals surface area (Å²) in [7, 11) is 0. The molecule has 27 heavy (non-hydrogen) atoms. The molecule has 0 unspecified atom stereocenters. The van der Waals surface area contributed by atoms with Gasteiger partial charge in [-0.3, -0.25) is 9.69 Å². The molecule has 2 N–H and O–H groups in total. The summed E-state index contributed by atoms with van der Waals surface area (Å²) in [5.41, 5.74) is 5.63. The number of para-hydroxylation sites is 1. The summed E-state index contributed by atoms with van der Waals surface area (Å²) in [6.45, 7) is 5.22. The Kier molecular flexibility index (Phi) is 4.97. The summed E-state index contributed by atoms with van der Waals surface area (Å²) >= 11 is 0. The molecule has 0 bridgehead atoms. The van der Waals surface area contributed by atoms with Crippen LogP contribution >= 0.6 is 0 Å². The second kappa shape index (κ2) is 7.55. The highest BCUT2D eigenvalue weighted by atomic mass is 16.5. The number of nitrogens with zero attached hydrogens (tertiary/aromatic N) is 1. The first kappa shape index (κ1) is 17.8.